The Morgan fingerprint density at radius 3 is 2.53 bits per heavy atom. The molecule has 1 atom stereocenters. The molecule has 0 spiro atoms. The lowest BCUT2D eigenvalue weighted by Gasteiger charge is -2.16. The largest absolute Gasteiger partial charge is 0.317 e. The lowest BCUT2D eigenvalue weighted by Crippen LogP contribution is -2.27. The van der Waals surface area contributed by atoms with Crippen molar-refractivity contribution in [3.8, 4) is 0 Å². The van der Waals surface area contributed by atoms with Gasteiger partial charge in [0.05, 0.1) is 3.79 Å². The van der Waals surface area contributed by atoms with E-state index in [0.29, 0.717) is 6.04 Å². The number of hydrogen-bond acceptors (Lipinski definition) is 2. The summed E-state index contributed by atoms with van der Waals surface area (Å²) in [5.41, 5.74) is 0. The third-order valence-corrected chi connectivity index (χ3v) is 4.22. The average Bonchev–Trinajstić information content (AvgIpc) is 2.58. The van der Waals surface area contributed by atoms with Gasteiger partial charge in [0, 0.05) is 10.9 Å². The van der Waals surface area contributed by atoms with Crippen molar-refractivity contribution in [3.05, 3.63) is 20.8 Å². The fourth-order valence-corrected chi connectivity index (χ4v) is 3.15. The third kappa shape index (κ3) is 5.14. The number of nitrogens with one attached hydrogen (secondary N) is 1. The Kier molecular flexibility index (Phi) is 5.87. The predicted octanol–water partition coefficient (Wildman–Crippen LogP) is 4.08. The van der Waals surface area contributed by atoms with Crippen LogP contribution in [-0.2, 0) is 6.42 Å². The van der Waals surface area contributed by atoms with Gasteiger partial charge in [-0.15, -0.1) is 11.3 Å². The lowest BCUT2D eigenvalue weighted by molar-refractivity contribution is 0.452. The van der Waals surface area contributed by atoms with Crippen molar-refractivity contribution >= 4 is 27.3 Å². The molecule has 0 aliphatic heterocycles. The molecular weight excluding hydrogens is 270 g/mol. The Labute approximate surface area is 105 Å². The maximum Gasteiger partial charge on any atom is 0.0701 e. The molecule has 15 heavy (non-hydrogen) atoms. The van der Waals surface area contributed by atoms with Gasteiger partial charge in [0.25, 0.3) is 0 Å². The van der Waals surface area contributed by atoms with Crippen LogP contribution >= 0.6 is 27.3 Å². The monoisotopic (exact) mass is 289 g/mol. The minimum Gasteiger partial charge on any atom is -0.317 e. The molecule has 0 saturated heterocycles. The molecule has 0 bridgehead atoms. The van der Waals surface area contributed by atoms with Gasteiger partial charge < -0.3 is 5.32 Å². The summed E-state index contributed by atoms with van der Waals surface area (Å²) in [4.78, 5) is 1.46. The van der Waals surface area contributed by atoms with Gasteiger partial charge >= 0.3 is 0 Å². The smallest absolute Gasteiger partial charge is 0.0701 e. The summed E-state index contributed by atoms with van der Waals surface area (Å²) >= 11 is 5.35. The van der Waals surface area contributed by atoms with E-state index in [-0.39, 0.29) is 0 Å². The Balaban J connectivity index is 2.39. The van der Waals surface area contributed by atoms with Crippen LogP contribution in [0, 0.1) is 5.92 Å². The quantitative estimate of drug-likeness (QED) is 0.832. The van der Waals surface area contributed by atoms with E-state index in [1.165, 1.54) is 21.5 Å². The minimum absolute atomic E-state index is 0.623. The fraction of sp³-hybridized carbons (Fsp3) is 0.667. The molecule has 1 aromatic heterocycles. The molecule has 1 rings (SSSR count). The number of likely N-dealkylation sites (N-methyl/N-ethyl adjacent to an activating group) is 1. The van der Waals surface area contributed by atoms with Crippen LogP contribution in [0.1, 0.15) is 31.6 Å². The van der Waals surface area contributed by atoms with Crippen molar-refractivity contribution in [3.63, 3.8) is 0 Å². The van der Waals surface area contributed by atoms with Gasteiger partial charge in [-0.05, 0) is 60.3 Å². The van der Waals surface area contributed by atoms with Gasteiger partial charge in [-0.25, -0.2) is 0 Å². The van der Waals surface area contributed by atoms with Crippen molar-refractivity contribution in [2.24, 2.45) is 5.92 Å². The molecule has 0 aromatic carbocycles. The Hall–Kier alpha value is 0.140. The van der Waals surface area contributed by atoms with E-state index in [1.54, 1.807) is 0 Å². The Bertz CT molecular complexity index is 283. The molecule has 0 radical (unpaired) electrons. The maximum atomic E-state index is 3.50. The maximum absolute atomic E-state index is 3.50. The van der Waals surface area contributed by atoms with Crippen molar-refractivity contribution in [2.45, 2.75) is 39.2 Å². The first-order valence-corrected chi connectivity index (χ1v) is 7.14. The Morgan fingerprint density at radius 2 is 2.07 bits per heavy atom. The van der Waals surface area contributed by atoms with Crippen molar-refractivity contribution in [2.75, 3.05) is 7.05 Å². The van der Waals surface area contributed by atoms with Crippen molar-refractivity contribution in [1.29, 1.82) is 0 Å². The second-order valence-corrected chi connectivity index (χ2v) is 6.91. The third-order valence-electron chi connectivity index (χ3n) is 2.58. The number of rotatable bonds is 6. The van der Waals surface area contributed by atoms with Gasteiger partial charge in [0.2, 0.25) is 0 Å². The summed E-state index contributed by atoms with van der Waals surface area (Å²) in [6.07, 6.45) is 3.72. The SMILES string of the molecule is CNC(CCC(C)C)Cc1ccc(Br)s1. The van der Waals surface area contributed by atoms with E-state index < -0.39 is 0 Å². The normalized spacial score (nSPS) is 13.4. The average molecular weight is 290 g/mol. The first-order chi connectivity index (χ1) is 7.11. The highest BCUT2D eigenvalue weighted by atomic mass is 79.9. The molecule has 1 aromatic rings. The van der Waals surface area contributed by atoms with Crippen LogP contribution < -0.4 is 5.32 Å². The minimum atomic E-state index is 0.623. The van der Waals surface area contributed by atoms with Crippen LogP contribution in [0.15, 0.2) is 15.9 Å². The highest BCUT2D eigenvalue weighted by Crippen LogP contribution is 2.24. The van der Waals surface area contributed by atoms with Crippen LogP contribution in [0.5, 0.6) is 0 Å². The first-order valence-electron chi connectivity index (χ1n) is 5.53. The second-order valence-electron chi connectivity index (χ2n) is 4.37. The van der Waals surface area contributed by atoms with Gasteiger partial charge in [0.15, 0.2) is 0 Å². The molecule has 1 N–H and O–H groups in total. The van der Waals surface area contributed by atoms with E-state index in [9.17, 15) is 0 Å². The summed E-state index contributed by atoms with van der Waals surface area (Å²) in [5.74, 6) is 0.802. The zero-order chi connectivity index (χ0) is 11.3. The molecular formula is C12H20BrNS. The fourth-order valence-electron chi connectivity index (χ4n) is 1.59. The summed E-state index contributed by atoms with van der Waals surface area (Å²) in [5, 5.41) is 3.41. The lowest BCUT2D eigenvalue weighted by atomic mass is 10.0. The zero-order valence-electron chi connectivity index (χ0n) is 9.72. The molecule has 0 amide bonds. The van der Waals surface area contributed by atoms with Crippen LogP contribution in [0.2, 0.25) is 0 Å². The van der Waals surface area contributed by atoms with Crippen LogP contribution in [0.25, 0.3) is 0 Å². The molecule has 1 heterocycles. The first kappa shape index (κ1) is 13.2. The van der Waals surface area contributed by atoms with E-state index in [1.807, 2.05) is 11.3 Å². The van der Waals surface area contributed by atoms with E-state index in [2.05, 4.69) is 54.3 Å². The highest BCUT2D eigenvalue weighted by molar-refractivity contribution is 9.11. The number of halogens is 1. The van der Waals surface area contributed by atoms with E-state index in [4.69, 9.17) is 0 Å². The molecule has 0 fully saturated rings. The number of thiophene rings is 1. The van der Waals surface area contributed by atoms with Crippen LogP contribution in [0.4, 0.5) is 0 Å². The predicted molar refractivity (Wildman–Crippen MR) is 72.6 cm³/mol. The Morgan fingerprint density at radius 1 is 1.33 bits per heavy atom. The van der Waals surface area contributed by atoms with E-state index in [0.717, 1.165) is 12.3 Å². The summed E-state index contributed by atoms with van der Waals surface area (Å²) in [6.45, 7) is 4.57. The molecule has 0 aliphatic rings. The zero-order valence-corrected chi connectivity index (χ0v) is 12.1. The van der Waals surface area contributed by atoms with Crippen molar-refractivity contribution in [1.82, 2.24) is 5.32 Å². The summed E-state index contributed by atoms with van der Waals surface area (Å²) in [7, 11) is 2.06. The molecule has 3 heteroatoms. The van der Waals surface area contributed by atoms with Crippen LogP contribution in [0.3, 0.4) is 0 Å². The molecule has 86 valence electrons. The molecule has 0 saturated carbocycles. The molecule has 0 aliphatic carbocycles. The van der Waals surface area contributed by atoms with Gasteiger partial charge in [-0.1, -0.05) is 13.8 Å². The standard InChI is InChI=1S/C12H20BrNS/c1-9(2)4-5-10(14-3)8-11-6-7-12(13)15-11/h6-7,9-10,14H,4-5,8H2,1-3H3. The van der Waals surface area contributed by atoms with E-state index >= 15 is 0 Å². The summed E-state index contributed by atoms with van der Waals surface area (Å²) < 4.78 is 1.23. The van der Waals surface area contributed by atoms with Crippen LogP contribution in [-0.4, -0.2) is 13.1 Å². The number of hydrogen-bond donors (Lipinski definition) is 1. The molecule has 1 nitrogen and oxygen atoms in total. The highest BCUT2D eigenvalue weighted by Gasteiger charge is 2.09. The molecule has 1 unspecified atom stereocenters. The topological polar surface area (TPSA) is 12.0 Å². The van der Waals surface area contributed by atoms with Gasteiger partial charge in [-0.2, -0.15) is 0 Å². The summed E-state index contributed by atoms with van der Waals surface area (Å²) in [6, 6.07) is 4.97. The van der Waals surface area contributed by atoms with Gasteiger partial charge in [-0.3, -0.25) is 0 Å². The van der Waals surface area contributed by atoms with Gasteiger partial charge in [0.1, 0.15) is 0 Å². The van der Waals surface area contributed by atoms with Crippen molar-refractivity contribution < 1.29 is 0 Å². The second kappa shape index (κ2) is 6.66.